The Morgan fingerprint density at radius 2 is 2.27 bits per heavy atom. The molecule has 15 heavy (non-hydrogen) atoms. The van der Waals surface area contributed by atoms with Crippen molar-refractivity contribution >= 4 is 5.97 Å². The van der Waals surface area contributed by atoms with E-state index in [1.165, 1.54) is 4.68 Å². The quantitative estimate of drug-likeness (QED) is 0.773. The number of carboxylic acid groups (broad SMARTS) is 1. The Kier molecular flexibility index (Phi) is 2.17. The van der Waals surface area contributed by atoms with Gasteiger partial charge in [0.05, 0.1) is 5.69 Å². The number of aromatic carboxylic acids is 1. The van der Waals surface area contributed by atoms with Crippen molar-refractivity contribution in [3.63, 3.8) is 0 Å². The number of carbonyl (C=O) groups is 1. The van der Waals surface area contributed by atoms with Crippen LogP contribution in [0.15, 0.2) is 24.4 Å². The van der Waals surface area contributed by atoms with Gasteiger partial charge in [-0.25, -0.2) is 9.48 Å². The van der Waals surface area contributed by atoms with E-state index in [2.05, 4.69) is 15.3 Å². The van der Waals surface area contributed by atoms with Crippen LogP contribution in [0.5, 0.6) is 0 Å². The molecular formula is C9H8N4O2. The van der Waals surface area contributed by atoms with Gasteiger partial charge in [-0.05, 0) is 12.1 Å². The predicted octanol–water partition coefficient (Wildman–Crippen LogP) is 0.575. The Hall–Kier alpha value is -2.24. The van der Waals surface area contributed by atoms with Gasteiger partial charge >= 0.3 is 5.97 Å². The number of hydrogen-bond donors (Lipinski definition) is 1. The summed E-state index contributed by atoms with van der Waals surface area (Å²) >= 11 is 0. The summed E-state index contributed by atoms with van der Waals surface area (Å²) in [6.07, 6.45) is 1.59. The lowest BCUT2D eigenvalue weighted by atomic mass is 10.2. The average Bonchev–Trinajstić information content (AvgIpc) is 2.61. The van der Waals surface area contributed by atoms with Crippen molar-refractivity contribution in [2.24, 2.45) is 7.05 Å². The number of hydrogen-bond acceptors (Lipinski definition) is 4. The maximum absolute atomic E-state index is 10.9. The first-order chi connectivity index (χ1) is 7.20. The van der Waals surface area contributed by atoms with Gasteiger partial charge in [0.1, 0.15) is 5.69 Å². The predicted molar refractivity (Wildman–Crippen MR) is 51.2 cm³/mol. The van der Waals surface area contributed by atoms with E-state index in [0.717, 1.165) is 0 Å². The normalized spacial score (nSPS) is 10.2. The number of carboxylic acids is 1. The molecule has 0 aromatic carbocycles. The summed E-state index contributed by atoms with van der Waals surface area (Å²) in [5.74, 6) is -1.11. The SMILES string of the molecule is Cn1nnc(C(=O)O)c1-c1ccccn1. The Morgan fingerprint density at radius 1 is 1.47 bits per heavy atom. The van der Waals surface area contributed by atoms with Gasteiger partial charge in [-0.3, -0.25) is 4.98 Å². The van der Waals surface area contributed by atoms with E-state index < -0.39 is 5.97 Å². The van der Waals surface area contributed by atoms with Crippen molar-refractivity contribution in [3.05, 3.63) is 30.1 Å². The van der Waals surface area contributed by atoms with Crippen LogP contribution in [0.1, 0.15) is 10.5 Å². The Morgan fingerprint density at radius 3 is 2.87 bits per heavy atom. The van der Waals surface area contributed by atoms with Crippen molar-refractivity contribution in [2.75, 3.05) is 0 Å². The van der Waals surface area contributed by atoms with Gasteiger partial charge in [0.2, 0.25) is 0 Å². The first kappa shape index (κ1) is 9.32. The molecule has 1 N–H and O–H groups in total. The van der Waals surface area contributed by atoms with E-state index in [-0.39, 0.29) is 5.69 Å². The summed E-state index contributed by atoms with van der Waals surface area (Å²) in [5.41, 5.74) is 0.863. The molecule has 0 aliphatic carbocycles. The fourth-order valence-corrected chi connectivity index (χ4v) is 1.29. The molecule has 0 atom stereocenters. The molecule has 76 valence electrons. The van der Waals surface area contributed by atoms with Crippen LogP contribution in [0.4, 0.5) is 0 Å². The van der Waals surface area contributed by atoms with Crippen LogP contribution in [-0.2, 0) is 7.05 Å². The summed E-state index contributed by atoms with van der Waals surface area (Å²) in [6.45, 7) is 0. The third-order valence-corrected chi connectivity index (χ3v) is 1.94. The molecule has 0 saturated carbocycles. The molecule has 0 bridgehead atoms. The van der Waals surface area contributed by atoms with E-state index in [4.69, 9.17) is 5.11 Å². The Labute approximate surface area is 85.2 Å². The van der Waals surface area contributed by atoms with E-state index in [0.29, 0.717) is 11.4 Å². The van der Waals surface area contributed by atoms with Crippen LogP contribution < -0.4 is 0 Å². The van der Waals surface area contributed by atoms with Crippen LogP contribution in [0.25, 0.3) is 11.4 Å². The molecule has 0 fully saturated rings. The first-order valence-corrected chi connectivity index (χ1v) is 4.24. The van der Waals surface area contributed by atoms with Crippen LogP contribution in [-0.4, -0.2) is 31.1 Å². The maximum atomic E-state index is 10.9. The third kappa shape index (κ3) is 1.56. The van der Waals surface area contributed by atoms with Crippen LogP contribution in [0, 0.1) is 0 Å². The number of aromatic nitrogens is 4. The molecule has 2 heterocycles. The molecule has 0 aliphatic rings. The molecule has 0 amide bonds. The van der Waals surface area contributed by atoms with E-state index in [1.807, 2.05) is 0 Å². The van der Waals surface area contributed by atoms with Crippen LogP contribution in [0.3, 0.4) is 0 Å². The van der Waals surface area contributed by atoms with Gasteiger partial charge in [-0.2, -0.15) is 0 Å². The lowest BCUT2D eigenvalue weighted by Crippen LogP contribution is -2.02. The topological polar surface area (TPSA) is 80.9 Å². The number of rotatable bonds is 2. The summed E-state index contributed by atoms with van der Waals surface area (Å²) < 4.78 is 1.39. The minimum Gasteiger partial charge on any atom is -0.476 e. The smallest absolute Gasteiger partial charge is 0.358 e. The van der Waals surface area contributed by atoms with Crippen LogP contribution >= 0.6 is 0 Å². The lowest BCUT2D eigenvalue weighted by Gasteiger charge is -2.00. The number of pyridine rings is 1. The zero-order chi connectivity index (χ0) is 10.8. The highest BCUT2D eigenvalue weighted by atomic mass is 16.4. The van der Waals surface area contributed by atoms with E-state index in [9.17, 15) is 4.79 Å². The Balaban J connectivity index is 2.62. The second-order valence-corrected chi connectivity index (χ2v) is 2.93. The summed E-state index contributed by atoms with van der Waals surface area (Å²) in [5, 5.41) is 16.1. The van der Waals surface area contributed by atoms with E-state index >= 15 is 0 Å². The molecule has 6 heteroatoms. The molecule has 0 unspecified atom stereocenters. The van der Waals surface area contributed by atoms with Crippen molar-refractivity contribution in [2.45, 2.75) is 0 Å². The fraction of sp³-hybridized carbons (Fsp3) is 0.111. The van der Waals surface area contributed by atoms with Crippen molar-refractivity contribution in [1.29, 1.82) is 0 Å². The van der Waals surface area contributed by atoms with Gasteiger partial charge in [-0.1, -0.05) is 11.3 Å². The fourth-order valence-electron chi connectivity index (χ4n) is 1.29. The average molecular weight is 204 g/mol. The Bertz CT molecular complexity index is 492. The van der Waals surface area contributed by atoms with Crippen molar-refractivity contribution in [3.8, 4) is 11.4 Å². The zero-order valence-corrected chi connectivity index (χ0v) is 7.95. The molecule has 2 aromatic rings. The summed E-state index contributed by atoms with van der Waals surface area (Å²) in [4.78, 5) is 14.9. The molecular weight excluding hydrogens is 196 g/mol. The van der Waals surface area contributed by atoms with Crippen molar-refractivity contribution in [1.82, 2.24) is 20.0 Å². The second-order valence-electron chi connectivity index (χ2n) is 2.93. The molecule has 2 rings (SSSR count). The largest absolute Gasteiger partial charge is 0.476 e. The molecule has 2 aromatic heterocycles. The zero-order valence-electron chi connectivity index (χ0n) is 7.95. The standard InChI is InChI=1S/C9H8N4O2/c1-13-8(6-4-2-3-5-10-6)7(9(14)15)11-12-13/h2-5H,1H3,(H,14,15). The van der Waals surface area contributed by atoms with Gasteiger partial charge in [-0.15, -0.1) is 5.10 Å². The van der Waals surface area contributed by atoms with Gasteiger partial charge in [0, 0.05) is 13.2 Å². The van der Waals surface area contributed by atoms with Crippen LogP contribution in [0.2, 0.25) is 0 Å². The minimum atomic E-state index is -1.11. The third-order valence-electron chi connectivity index (χ3n) is 1.94. The molecule has 0 saturated heterocycles. The maximum Gasteiger partial charge on any atom is 0.358 e. The van der Waals surface area contributed by atoms with E-state index in [1.54, 1.807) is 31.4 Å². The highest BCUT2D eigenvalue weighted by molar-refractivity contribution is 5.91. The lowest BCUT2D eigenvalue weighted by molar-refractivity contribution is 0.0691. The molecule has 0 radical (unpaired) electrons. The first-order valence-electron chi connectivity index (χ1n) is 4.24. The summed E-state index contributed by atoms with van der Waals surface area (Å²) in [7, 11) is 1.63. The molecule has 6 nitrogen and oxygen atoms in total. The molecule has 0 aliphatic heterocycles. The monoisotopic (exact) mass is 204 g/mol. The summed E-state index contributed by atoms with van der Waals surface area (Å²) in [6, 6.07) is 5.25. The number of nitrogens with zero attached hydrogens (tertiary/aromatic N) is 4. The van der Waals surface area contributed by atoms with Gasteiger partial charge in [0.15, 0.2) is 5.69 Å². The second kappa shape index (κ2) is 3.49. The highest BCUT2D eigenvalue weighted by Gasteiger charge is 2.19. The number of aryl methyl sites for hydroxylation is 1. The highest BCUT2D eigenvalue weighted by Crippen LogP contribution is 2.18. The van der Waals surface area contributed by atoms with Gasteiger partial charge in [0.25, 0.3) is 0 Å². The van der Waals surface area contributed by atoms with Crippen molar-refractivity contribution < 1.29 is 9.90 Å². The molecule has 0 spiro atoms. The van der Waals surface area contributed by atoms with Gasteiger partial charge < -0.3 is 5.11 Å². The minimum absolute atomic E-state index is 0.0869.